The zero-order valence-corrected chi connectivity index (χ0v) is 14.4. The summed E-state index contributed by atoms with van der Waals surface area (Å²) in [4.78, 5) is 36.2. The summed E-state index contributed by atoms with van der Waals surface area (Å²) in [6.07, 6.45) is 2.89. The molecular formula is C18H22N2O5. The van der Waals surface area contributed by atoms with Gasteiger partial charge >= 0.3 is 11.9 Å². The van der Waals surface area contributed by atoms with Crippen LogP contribution in [0.25, 0.3) is 0 Å². The van der Waals surface area contributed by atoms with Gasteiger partial charge < -0.3 is 20.1 Å². The number of hydrogen-bond acceptors (Lipinski definition) is 6. The fourth-order valence-electron chi connectivity index (χ4n) is 3.60. The molecule has 1 heterocycles. The first-order valence-electron chi connectivity index (χ1n) is 8.32. The minimum Gasteiger partial charge on any atom is -0.465 e. The third kappa shape index (κ3) is 3.51. The number of piperidine rings is 1. The first kappa shape index (κ1) is 17.4. The second kappa shape index (κ2) is 6.84. The van der Waals surface area contributed by atoms with E-state index in [1.165, 1.54) is 32.4 Å². The molecule has 134 valence electrons. The molecule has 1 aromatic carbocycles. The van der Waals surface area contributed by atoms with Gasteiger partial charge in [-0.25, -0.2) is 9.59 Å². The van der Waals surface area contributed by atoms with Crippen molar-refractivity contribution < 1.29 is 23.9 Å². The molecule has 7 heteroatoms. The molecule has 2 aliphatic rings. The van der Waals surface area contributed by atoms with E-state index in [0.717, 1.165) is 32.4 Å². The Balaban J connectivity index is 1.78. The summed E-state index contributed by atoms with van der Waals surface area (Å²) in [6, 6.07) is 4.40. The van der Waals surface area contributed by atoms with Crippen LogP contribution in [0.5, 0.6) is 0 Å². The molecule has 25 heavy (non-hydrogen) atoms. The number of benzene rings is 1. The van der Waals surface area contributed by atoms with Gasteiger partial charge in [-0.2, -0.15) is 0 Å². The van der Waals surface area contributed by atoms with E-state index >= 15 is 0 Å². The molecule has 0 aromatic heterocycles. The topological polar surface area (TPSA) is 93.7 Å². The Morgan fingerprint density at radius 1 is 1.04 bits per heavy atom. The molecule has 2 N–H and O–H groups in total. The summed E-state index contributed by atoms with van der Waals surface area (Å²) in [7, 11) is 2.52. The lowest BCUT2D eigenvalue weighted by Crippen LogP contribution is -2.31. The van der Waals surface area contributed by atoms with E-state index in [0.29, 0.717) is 5.69 Å². The van der Waals surface area contributed by atoms with Gasteiger partial charge in [-0.3, -0.25) is 4.79 Å². The molecule has 1 aromatic rings. The SMILES string of the molecule is COC(=O)c1cc(NC(=O)C2CC23CCNCC3)cc(C(=O)OC)c1. The number of carbonyl (C=O) groups excluding carboxylic acids is 3. The van der Waals surface area contributed by atoms with Gasteiger partial charge in [-0.1, -0.05) is 0 Å². The highest BCUT2D eigenvalue weighted by molar-refractivity contribution is 6.00. The van der Waals surface area contributed by atoms with Crippen molar-refractivity contribution in [2.45, 2.75) is 19.3 Å². The number of methoxy groups -OCH3 is 2. The van der Waals surface area contributed by atoms with Gasteiger partial charge in [0, 0.05) is 11.6 Å². The maximum absolute atomic E-state index is 12.6. The normalized spacial score (nSPS) is 20.6. The summed E-state index contributed by atoms with van der Waals surface area (Å²) in [5, 5.41) is 6.15. The predicted molar refractivity (Wildman–Crippen MR) is 90.4 cm³/mol. The van der Waals surface area contributed by atoms with Gasteiger partial charge in [-0.15, -0.1) is 0 Å². The van der Waals surface area contributed by atoms with Crippen LogP contribution in [0.4, 0.5) is 5.69 Å². The van der Waals surface area contributed by atoms with Crippen molar-refractivity contribution in [2.75, 3.05) is 32.6 Å². The van der Waals surface area contributed by atoms with Crippen molar-refractivity contribution in [3.8, 4) is 0 Å². The molecule has 1 saturated heterocycles. The second-order valence-electron chi connectivity index (χ2n) is 6.64. The van der Waals surface area contributed by atoms with Crippen LogP contribution in [0, 0.1) is 11.3 Å². The Kier molecular flexibility index (Phi) is 4.76. The molecule has 1 amide bonds. The number of rotatable bonds is 4. The second-order valence-corrected chi connectivity index (χ2v) is 6.64. The number of anilines is 1. The van der Waals surface area contributed by atoms with E-state index in [1.54, 1.807) is 0 Å². The van der Waals surface area contributed by atoms with E-state index in [-0.39, 0.29) is 28.4 Å². The van der Waals surface area contributed by atoms with Crippen LogP contribution in [0.3, 0.4) is 0 Å². The molecular weight excluding hydrogens is 324 g/mol. The lowest BCUT2D eigenvalue weighted by atomic mass is 9.91. The first-order chi connectivity index (χ1) is 12.0. The van der Waals surface area contributed by atoms with Gasteiger partial charge in [-0.05, 0) is 56.0 Å². The monoisotopic (exact) mass is 346 g/mol. The molecule has 7 nitrogen and oxygen atoms in total. The van der Waals surface area contributed by atoms with Crippen molar-refractivity contribution >= 4 is 23.5 Å². The lowest BCUT2D eigenvalue weighted by Gasteiger charge is -2.23. The zero-order chi connectivity index (χ0) is 18.0. The van der Waals surface area contributed by atoms with Crippen LogP contribution in [0.2, 0.25) is 0 Å². The van der Waals surface area contributed by atoms with Crippen LogP contribution >= 0.6 is 0 Å². The van der Waals surface area contributed by atoms with Crippen LogP contribution < -0.4 is 10.6 Å². The molecule has 1 aliphatic heterocycles. The fourth-order valence-corrected chi connectivity index (χ4v) is 3.60. The van der Waals surface area contributed by atoms with Crippen molar-refractivity contribution in [3.05, 3.63) is 29.3 Å². The van der Waals surface area contributed by atoms with Gasteiger partial charge in [0.25, 0.3) is 0 Å². The molecule has 0 radical (unpaired) electrons. The van der Waals surface area contributed by atoms with Gasteiger partial charge in [0.1, 0.15) is 0 Å². The minimum absolute atomic E-state index is 0.0158. The number of amides is 1. The maximum atomic E-state index is 12.6. The molecule has 1 spiro atoms. The summed E-state index contributed by atoms with van der Waals surface area (Å²) in [5.74, 6) is -1.25. The largest absolute Gasteiger partial charge is 0.465 e. The Labute approximate surface area is 146 Å². The zero-order valence-electron chi connectivity index (χ0n) is 14.4. The van der Waals surface area contributed by atoms with Gasteiger partial charge in [0.2, 0.25) is 5.91 Å². The molecule has 2 fully saturated rings. The standard InChI is InChI=1S/C18H22N2O5/c1-24-16(22)11-7-12(17(23)25-2)9-13(8-11)20-15(21)14-10-18(14)3-5-19-6-4-18/h7-9,14,19H,3-6,10H2,1-2H3,(H,20,21). The summed E-state index contributed by atoms with van der Waals surface area (Å²) >= 11 is 0. The van der Waals surface area contributed by atoms with E-state index in [1.807, 2.05) is 0 Å². The van der Waals surface area contributed by atoms with Crippen molar-refractivity contribution in [2.24, 2.45) is 11.3 Å². The van der Waals surface area contributed by atoms with Crippen molar-refractivity contribution in [3.63, 3.8) is 0 Å². The Morgan fingerprint density at radius 2 is 1.60 bits per heavy atom. The van der Waals surface area contributed by atoms with E-state index in [9.17, 15) is 14.4 Å². The Hall–Kier alpha value is -2.41. The third-order valence-electron chi connectivity index (χ3n) is 5.15. The summed E-state index contributed by atoms with van der Waals surface area (Å²) in [6.45, 7) is 1.88. The predicted octanol–water partition coefficient (Wildman–Crippen LogP) is 1.59. The average molecular weight is 346 g/mol. The highest BCUT2D eigenvalue weighted by Gasteiger charge is 2.57. The van der Waals surface area contributed by atoms with E-state index in [2.05, 4.69) is 10.6 Å². The van der Waals surface area contributed by atoms with E-state index < -0.39 is 11.9 Å². The van der Waals surface area contributed by atoms with Crippen LogP contribution in [0.15, 0.2) is 18.2 Å². The average Bonchev–Trinajstić information content (AvgIpc) is 3.33. The summed E-state index contributed by atoms with van der Waals surface area (Å²) in [5.41, 5.74) is 0.881. The Bertz CT molecular complexity index is 675. The minimum atomic E-state index is -0.581. The van der Waals surface area contributed by atoms with Crippen LogP contribution in [-0.4, -0.2) is 45.2 Å². The van der Waals surface area contributed by atoms with Gasteiger partial charge in [0.05, 0.1) is 25.3 Å². The number of hydrogen-bond donors (Lipinski definition) is 2. The fraction of sp³-hybridized carbons (Fsp3) is 0.500. The highest BCUT2D eigenvalue weighted by atomic mass is 16.5. The smallest absolute Gasteiger partial charge is 0.337 e. The molecule has 1 saturated carbocycles. The first-order valence-corrected chi connectivity index (χ1v) is 8.32. The maximum Gasteiger partial charge on any atom is 0.337 e. The highest BCUT2D eigenvalue weighted by Crippen LogP contribution is 2.58. The van der Waals surface area contributed by atoms with Crippen LogP contribution in [0.1, 0.15) is 40.0 Å². The number of carbonyl (C=O) groups is 3. The third-order valence-corrected chi connectivity index (χ3v) is 5.15. The van der Waals surface area contributed by atoms with Crippen molar-refractivity contribution in [1.29, 1.82) is 0 Å². The van der Waals surface area contributed by atoms with Gasteiger partial charge in [0.15, 0.2) is 0 Å². The Morgan fingerprint density at radius 3 is 2.12 bits per heavy atom. The molecule has 0 bridgehead atoms. The van der Waals surface area contributed by atoms with Crippen LogP contribution in [-0.2, 0) is 14.3 Å². The quantitative estimate of drug-likeness (QED) is 0.804. The molecule has 1 atom stereocenters. The lowest BCUT2D eigenvalue weighted by molar-refractivity contribution is -0.118. The van der Waals surface area contributed by atoms with Crippen molar-refractivity contribution in [1.82, 2.24) is 5.32 Å². The summed E-state index contributed by atoms with van der Waals surface area (Å²) < 4.78 is 9.41. The molecule has 1 aliphatic carbocycles. The number of ether oxygens (including phenoxy) is 2. The molecule has 3 rings (SSSR count). The molecule has 1 unspecified atom stereocenters. The number of nitrogens with one attached hydrogen (secondary N) is 2. The number of esters is 2. The van der Waals surface area contributed by atoms with E-state index in [4.69, 9.17) is 9.47 Å².